The van der Waals surface area contributed by atoms with Crippen LogP contribution >= 0.6 is 28.1 Å². The zero-order chi connectivity index (χ0) is 15.4. The van der Waals surface area contributed by atoms with Crippen molar-refractivity contribution in [2.75, 3.05) is 19.0 Å². The number of aromatic nitrogens is 2. The molecule has 0 spiro atoms. The molecular weight excluding hydrogens is 359 g/mol. The van der Waals surface area contributed by atoms with Crippen molar-refractivity contribution < 1.29 is 9.13 Å². The third kappa shape index (κ3) is 3.78. The second kappa shape index (κ2) is 6.97. The lowest BCUT2D eigenvalue weighted by Crippen LogP contribution is -2.11. The van der Waals surface area contributed by atoms with Crippen LogP contribution in [0.2, 0.25) is 0 Å². The van der Waals surface area contributed by atoms with Gasteiger partial charge in [-0.05, 0) is 28.1 Å². The molecule has 3 N–H and O–H groups in total. The molecule has 2 rings (SSSR count). The number of methoxy groups -OCH3 is 1. The van der Waals surface area contributed by atoms with Crippen LogP contribution in [0.4, 0.5) is 15.8 Å². The quantitative estimate of drug-likeness (QED) is 0.763. The minimum absolute atomic E-state index is 0.139. The first-order valence-electron chi connectivity index (χ1n) is 6.09. The Kier molecular flexibility index (Phi) is 5.27. The van der Waals surface area contributed by atoms with E-state index in [2.05, 4.69) is 26.3 Å². The van der Waals surface area contributed by atoms with Crippen molar-refractivity contribution in [1.29, 1.82) is 0 Å². The van der Waals surface area contributed by atoms with Gasteiger partial charge in [-0.1, -0.05) is 12.2 Å². The first-order valence-corrected chi connectivity index (χ1v) is 7.29. The number of nitrogens with two attached hydrogens (primary N) is 1. The molecule has 0 fully saturated rings. The van der Waals surface area contributed by atoms with E-state index >= 15 is 0 Å². The third-order valence-corrected chi connectivity index (χ3v) is 3.78. The van der Waals surface area contributed by atoms with E-state index in [9.17, 15) is 4.39 Å². The summed E-state index contributed by atoms with van der Waals surface area (Å²) < 4.78 is 21.2. The standard InChI is InChI=1S/C13H14BrFN4OS/c1-20-5-4-19-7-8(6-17-19)18-10-3-2-9(13(16)21)11(14)12(10)15/h2-3,6-7,18H,4-5H2,1H3,(H2,16,21). The molecule has 0 saturated carbocycles. The normalized spacial score (nSPS) is 10.6. The number of thiocarbonyl (C=S) groups is 1. The molecule has 0 aliphatic carbocycles. The monoisotopic (exact) mass is 372 g/mol. The van der Waals surface area contributed by atoms with Crippen molar-refractivity contribution in [1.82, 2.24) is 9.78 Å². The van der Waals surface area contributed by atoms with Crippen molar-refractivity contribution in [3.63, 3.8) is 0 Å². The highest BCUT2D eigenvalue weighted by Crippen LogP contribution is 2.29. The highest BCUT2D eigenvalue weighted by Gasteiger charge is 2.13. The number of rotatable bonds is 6. The number of halogens is 2. The Hall–Kier alpha value is -1.51. The van der Waals surface area contributed by atoms with Crippen LogP contribution in [-0.2, 0) is 11.3 Å². The highest BCUT2D eigenvalue weighted by atomic mass is 79.9. The smallest absolute Gasteiger partial charge is 0.161 e. The van der Waals surface area contributed by atoms with Gasteiger partial charge in [-0.15, -0.1) is 0 Å². The van der Waals surface area contributed by atoms with Crippen molar-refractivity contribution in [3.8, 4) is 0 Å². The Morgan fingerprint density at radius 2 is 2.33 bits per heavy atom. The summed E-state index contributed by atoms with van der Waals surface area (Å²) in [7, 11) is 1.62. The van der Waals surface area contributed by atoms with Gasteiger partial charge >= 0.3 is 0 Å². The maximum Gasteiger partial charge on any atom is 0.161 e. The van der Waals surface area contributed by atoms with Gasteiger partial charge in [-0.25, -0.2) is 4.39 Å². The van der Waals surface area contributed by atoms with Crippen LogP contribution in [0.5, 0.6) is 0 Å². The first kappa shape index (κ1) is 15.9. The average Bonchev–Trinajstić information content (AvgIpc) is 2.89. The van der Waals surface area contributed by atoms with E-state index in [1.54, 1.807) is 36.3 Å². The summed E-state index contributed by atoms with van der Waals surface area (Å²) in [5, 5.41) is 7.11. The van der Waals surface area contributed by atoms with Crippen LogP contribution in [0, 0.1) is 5.82 Å². The van der Waals surface area contributed by atoms with Crippen molar-refractivity contribution in [2.24, 2.45) is 5.73 Å². The highest BCUT2D eigenvalue weighted by molar-refractivity contribution is 9.10. The Balaban J connectivity index is 2.18. The third-order valence-electron chi connectivity index (χ3n) is 2.78. The van der Waals surface area contributed by atoms with Crippen LogP contribution in [0.25, 0.3) is 0 Å². The summed E-state index contributed by atoms with van der Waals surface area (Å²) in [4.78, 5) is 0.139. The van der Waals surface area contributed by atoms with E-state index in [1.165, 1.54) is 0 Å². The van der Waals surface area contributed by atoms with Gasteiger partial charge in [0.1, 0.15) is 4.99 Å². The fourth-order valence-corrected chi connectivity index (χ4v) is 2.59. The number of benzene rings is 1. The molecular formula is C13H14BrFN4OS. The fraction of sp³-hybridized carbons (Fsp3) is 0.231. The van der Waals surface area contributed by atoms with Gasteiger partial charge in [0.15, 0.2) is 5.82 Å². The molecule has 0 unspecified atom stereocenters. The summed E-state index contributed by atoms with van der Waals surface area (Å²) in [6, 6.07) is 3.24. The molecule has 1 heterocycles. The lowest BCUT2D eigenvalue weighted by atomic mass is 10.2. The molecule has 5 nitrogen and oxygen atoms in total. The Labute approximate surface area is 135 Å². The van der Waals surface area contributed by atoms with E-state index in [0.717, 1.165) is 0 Å². The Bertz CT molecular complexity index is 662. The van der Waals surface area contributed by atoms with Gasteiger partial charge in [0, 0.05) is 18.9 Å². The molecule has 0 aliphatic rings. The van der Waals surface area contributed by atoms with E-state index in [-0.39, 0.29) is 9.46 Å². The van der Waals surface area contributed by atoms with E-state index < -0.39 is 5.82 Å². The summed E-state index contributed by atoms with van der Waals surface area (Å²) >= 11 is 8.03. The number of nitrogens with one attached hydrogen (secondary N) is 1. The molecule has 0 saturated heterocycles. The van der Waals surface area contributed by atoms with Crippen LogP contribution < -0.4 is 11.1 Å². The SMILES string of the molecule is COCCn1cc(Nc2ccc(C(N)=S)c(Br)c2F)cn1. The maximum atomic E-state index is 14.2. The van der Waals surface area contributed by atoms with E-state index in [0.29, 0.717) is 30.1 Å². The van der Waals surface area contributed by atoms with E-state index in [4.69, 9.17) is 22.7 Å². The predicted molar refractivity (Wildman–Crippen MR) is 87.4 cm³/mol. The molecule has 0 amide bonds. The topological polar surface area (TPSA) is 65.1 Å². The van der Waals surface area contributed by atoms with Crippen LogP contribution in [-0.4, -0.2) is 28.5 Å². The fourth-order valence-electron chi connectivity index (χ4n) is 1.73. The second-order valence-electron chi connectivity index (χ2n) is 4.26. The Morgan fingerprint density at radius 1 is 1.57 bits per heavy atom. The minimum Gasteiger partial charge on any atom is -0.389 e. The molecule has 0 bridgehead atoms. The molecule has 0 atom stereocenters. The molecule has 0 radical (unpaired) electrons. The van der Waals surface area contributed by atoms with Gasteiger partial charge in [0.05, 0.1) is 35.2 Å². The molecule has 112 valence electrons. The lowest BCUT2D eigenvalue weighted by Gasteiger charge is -2.09. The molecule has 21 heavy (non-hydrogen) atoms. The van der Waals surface area contributed by atoms with Gasteiger partial charge in [-0.3, -0.25) is 4.68 Å². The van der Waals surface area contributed by atoms with E-state index in [1.807, 2.05) is 0 Å². The summed E-state index contributed by atoms with van der Waals surface area (Å²) in [6.45, 7) is 1.19. The van der Waals surface area contributed by atoms with Crippen LogP contribution in [0.3, 0.4) is 0 Å². The van der Waals surface area contributed by atoms with Crippen molar-refractivity contribution >= 4 is 44.5 Å². The average molecular weight is 373 g/mol. The number of hydrogen-bond acceptors (Lipinski definition) is 4. The largest absolute Gasteiger partial charge is 0.389 e. The van der Waals surface area contributed by atoms with Crippen LogP contribution in [0.1, 0.15) is 5.56 Å². The minimum atomic E-state index is -0.454. The molecule has 0 aliphatic heterocycles. The van der Waals surface area contributed by atoms with Crippen molar-refractivity contribution in [3.05, 3.63) is 40.4 Å². The zero-order valence-corrected chi connectivity index (χ0v) is 13.7. The van der Waals surface area contributed by atoms with Crippen molar-refractivity contribution in [2.45, 2.75) is 6.54 Å². The molecule has 1 aromatic carbocycles. The van der Waals surface area contributed by atoms with Gasteiger partial charge in [0.25, 0.3) is 0 Å². The molecule has 8 heteroatoms. The number of nitrogens with zero attached hydrogens (tertiary/aromatic N) is 2. The molecule has 2 aromatic rings. The number of hydrogen-bond donors (Lipinski definition) is 2. The van der Waals surface area contributed by atoms with Gasteiger partial charge in [0.2, 0.25) is 0 Å². The second-order valence-corrected chi connectivity index (χ2v) is 5.50. The summed E-state index contributed by atoms with van der Waals surface area (Å²) in [5.74, 6) is -0.454. The van der Waals surface area contributed by atoms with Crippen LogP contribution in [0.15, 0.2) is 29.0 Å². The lowest BCUT2D eigenvalue weighted by molar-refractivity contribution is 0.183. The predicted octanol–water partition coefficient (Wildman–Crippen LogP) is 2.81. The summed E-state index contributed by atoms with van der Waals surface area (Å²) in [5.41, 5.74) is 6.98. The van der Waals surface area contributed by atoms with Gasteiger partial charge < -0.3 is 15.8 Å². The summed E-state index contributed by atoms with van der Waals surface area (Å²) in [6.07, 6.45) is 3.39. The number of ether oxygens (including phenoxy) is 1. The number of anilines is 2. The molecule has 1 aromatic heterocycles. The first-order chi connectivity index (χ1) is 10.0. The Morgan fingerprint density at radius 3 is 3.00 bits per heavy atom. The maximum absolute atomic E-state index is 14.2. The van der Waals surface area contributed by atoms with Gasteiger partial charge in [-0.2, -0.15) is 5.10 Å². The zero-order valence-electron chi connectivity index (χ0n) is 11.3.